The first-order valence-corrected chi connectivity index (χ1v) is 8.14. The lowest BCUT2D eigenvalue weighted by Crippen LogP contribution is -2.23. The Morgan fingerprint density at radius 2 is 2.00 bits per heavy atom. The topological polar surface area (TPSA) is 26.0 Å². The van der Waals surface area contributed by atoms with Gasteiger partial charge in [0, 0.05) is 26.6 Å². The zero-order valence-corrected chi connectivity index (χ0v) is 12.4. The highest BCUT2D eigenvalue weighted by molar-refractivity contribution is 7.99. The van der Waals surface area contributed by atoms with Crippen molar-refractivity contribution >= 4 is 34.7 Å². The van der Waals surface area contributed by atoms with Crippen molar-refractivity contribution in [2.45, 2.75) is 23.8 Å². The monoisotopic (exact) mass is 297 g/mol. The van der Waals surface area contributed by atoms with Gasteiger partial charge in [0.05, 0.1) is 0 Å². The third-order valence-corrected chi connectivity index (χ3v) is 5.01. The second kappa shape index (κ2) is 7.19. The number of hydrogen-bond acceptors (Lipinski definition) is 3. The minimum atomic E-state index is 0.243. The normalized spacial score (nSPS) is 12.6. The molecule has 1 aromatic carbocycles. The Hall–Kier alpha value is -0.480. The highest BCUT2D eigenvalue weighted by Crippen LogP contribution is 2.21. The summed E-state index contributed by atoms with van der Waals surface area (Å²) in [5.41, 5.74) is 6.13. The lowest BCUT2D eigenvalue weighted by molar-refractivity contribution is 0.679. The molecule has 1 unspecified atom stereocenters. The van der Waals surface area contributed by atoms with Crippen molar-refractivity contribution in [2.24, 2.45) is 5.73 Å². The summed E-state index contributed by atoms with van der Waals surface area (Å²) in [5, 5.41) is 2.89. The maximum absolute atomic E-state index is 6.13. The fraction of sp³-hybridized carbons (Fsp3) is 0.286. The molecule has 96 valence electrons. The number of nitrogens with two attached hydrogens (primary N) is 1. The first-order valence-electron chi connectivity index (χ1n) is 5.90. The summed E-state index contributed by atoms with van der Waals surface area (Å²) < 4.78 is 0. The second-order valence-electron chi connectivity index (χ2n) is 4.14. The molecule has 2 N–H and O–H groups in total. The van der Waals surface area contributed by atoms with Crippen LogP contribution in [0.5, 0.6) is 0 Å². The van der Waals surface area contributed by atoms with Gasteiger partial charge in [-0.1, -0.05) is 17.7 Å². The first-order chi connectivity index (χ1) is 8.74. The van der Waals surface area contributed by atoms with Gasteiger partial charge in [0.1, 0.15) is 0 Å². The predicted molar refractivity (Wildman–Crippen MR) is 82.8 cm³/mol. The summed E-state index contributed by atoms with van der Waals surface area (Å²) in [6.07, 6.45) is 2.13. The Morgan fingerprint density at radius 1 is 1.22 bits per heavy atom. The van der Waals surface area contributed by atoms with Crippen molar-refractivity contribution in [1.82, 2.24) is 0 Å². The summed E-state index contributed by atoms with van der Waals surface area (Å²) in [6.45, 7) is 0. The van der Waals surface area contributed by atoms with Gasteiger partial charge in [0.2, 0.25) is 0 Å². The standard InChI is InChI=1S/C14H16ClNS2/c15-11-3-6-14(7-4-11)18-10-12(16)5-8-13-2-1-9-17-13/h1-4,6-7,9,12H,5,8,10,16H2. The molecule has 1 heterocycles. The van der Waals surface area contributed by atoms with Gasteiger partial charge in [0.15, 0.2) is 0 Å². The summed E-state index contributed by atoms with van der Waals surface area (Å²) in [7, 11) is 0. The van der Waals surface area contributed by atoms with E-state index in [2.05, 4.69) is 17.5 Å². The summed E-state index contributed by atoms with van der Waals surface area (Å²) >= 11 is 9.45. The van der Waals surface area contributed by atoms with Gasteiger partial charge in [-0.25, -0.2) is 0 Å². The van der Waals surface area contributed by atoms with E-state index in [9.17, 15) is 0 Å². The molecular formula is C14H16ClNS2. The van der Waals surface area contributed by atoms with Crippen molar-refractivity contribution in [3.8, 4) is 0 Å². The molecule has 0 fully saturated rings. The van der Waals surface area contributed by atoms with Gasteiger partial charge in [-0.3, -0.25) is 0 Å². The molecule has 0 saturated heterocycles. The fourth-order valence-corrected chi connectivity index (χ4v) is 3.35. The van der Waals surface area contributed by atoms with Gasteiger partial charge >= 0.3 is 0 Å². The molecule has 0 bridgehead atoms. The second-order valence-corrected chi connectivity index (χ2v) is 6.71. The molecule has 1 nitrogen and oxygen atoms in total. The minimum Gasteiger partial charge on any atom is -0.327 e. The van der Waals surface area contributed by atoms with Crippen LogP contribution >= 0.6 is 34.7 Å². The van der Waals surface area contributed by atoms with Crippen LogP contribution in [0.1, 0.15) is 11.3 Å². The van der Waals surface area contributed by atoms with Crippen LogP contribution in [-0.2, 0) is 6.42 Å². The maximum Gasteiger partial charge on any atom is 0.0406 e. The Labute approximate surface area is 121 Å². The smallest absolute Gasteiger partial charge is 0.0406 e. The lowest BCUT2D eigenvalue weighted by atomic mass is 10.2. The van der Waals surface area contributed by atoms with E-state index in [-0.39, 0.29) is 6.04 Å². The third-order valence-electron chi connectivity index (χ3n) is 2.62. The molecule has 0 saturated carbocycles. The van der Waals surface area contributed by atoms with Crippen LogP contribution in [0.3, 0.4) is 0 Å². The average Bonchev–Trinajstić information content (AvgIpc) is 2.89. The highest BCUT2D eigenvalue weighted by Gasteiger charge is 2.05. The highest BCUT2D eigenvalue weighted by atomic mass is 35.5. The zero-order valence-electron chi connectivity index (χ0n) is 10.0. The van der Waals surface area contributed by atoms with E-state index in [0.717, 1.165) is 23.6 Å². The van der Waals surface area contributed by atoms with Crippen LogP contribution < -0.4 is 5.73 Å². The molecule has 0 radical (unpaired) electrons. The fourth-order valence-electron chi connectivity index (χ4n) is 1.60. The van der Waals surface area contributed by atoms with E-state index in [0.29, 0.717) is 0 Å². The number of rotatable bonds is 6. The van der Waals surface area contributed by atoms with Crippen molar-refractivity contribution in [2.75, 3.05) is 5.75 Å². The Morgan fingerprint density at radius 3 is 2.67 bits per heavy atom. The number of aryl methyl sites for hydroxylation is 1. The molecule has 2 aromatic rings. The largest absolute Gasteiger partial charge is 0.327 e. The molecule has 0 aliphatic rings. The van der Waals surface area contributed by atoms with Gasteiger partial charge in [0.25, 0.3) is 0 Å². The summed E-state index contributed by atoms with van der Waals surface area (Å²) in [6, 6.07) is 12.4. The maximum atomic E-state index is 6.13. The van der Waals surface area contributed by atoms with Crippen molar-refractivity contribution in [3.05, 3.63) is 51.7 Å². The van der Waals surface area contributed by atoms with Crippen molar-refractivity contribution in [1.29, 1.82) is 0 Å². The zero-order chi connectivity index (χ0) is 12.8. The number of benzene rings is 1. The van der Waals surface area contributed by atoms with E-state index in [1.165, 1.54) is 9.77 Å². The van der Waals surface area contributed by atoms with Crippen LogP contribution in [0, 0.1) is 0 Å². The van der Waals surface area contributed by atoms with Crippen molar-refractivity contribution < 1.29 is 0 Å². The molecule has 0 amide bonds. The van der Waals surface area contributed by atoms with E-state index < -0.39 is 0 Å². The number of thiophene rings is 1. The van der Waals surface area contributed by atoms with E-state index in [1.807, 2.05) is 24.3 Å². The molecule has 1 atom stereocenters. The molecule has 1 aromatic heterocycles. The summed E-state index contributed by atoms with van der Waals surface area (Å²) in [5.74, 6) is 0.951. The van der Waals surface area contributed by atoms with Gasteiger partial charge in [-0.2, -0.15) is 0 Å². The molecular weight excluding hydrogens is 282 g/mol. The van der Waals surface area contributed by atoms with Crippen LogP contribution in [0.4, 0.5) is 0 Å². The van der Waals surface area contributed by atoms with E-state index in [1.54, 1.807) is 23.1 Å². The lowest BCUT2D eigenvalue weighted by Gasteiger charge is -2.10. The molecule has 0 aliphatic heterocycles. The van der Waals surface area contributed by atoms with Crippen LogP contribution in [0.2, 0.25) is 5.02 Å². The molecule has 4 heteroatoms. The summed E-state index contributed by atoms with van der Waals surface area (Å²) in [4.78, 5) is 2.65. The van der Waals surface area contributed by atoms with Crippen LogP contribution in [0.15, 0.2) is 46.7 Å². The number of thioether (sulfide) groups is 1. The molecule has 18 heavy (non-hydrogen) atoms. The number of halogens is 1. The number of hydrogen-bond donors (Lipinski definition) is 1. The Kier molecular flexibility index (Phi) is 5.57. The SMILES string of the molecule is NC(CCc1cccs1)CSc1ccc(Cl)cc1. The van der Waals surface area contributed by atoms with Gasteiger partial charge < -0.3 is 5.73 Å². The first kappa shape index (κ1) is 13.9. The Bertz CT molecular complexity index is 453. The van der Waals surface area contributed by atoms with Gasteiger partial charge in [-0.05, 0) is 48.6 Å². The predicted octanol–water partition coefficient (Wildman–Crippen LogP) is 4.45. The van der Waals surface area contributed by atoms with Crippen LogP contribution in [-0.4, -0.2) is 11.8 Å². The molecule has 0 aliphatic carbocycles. The Balaban J connectivity index is 1.71. The van der Waals surface area contributed by atoms with Crippen molar-refractivity contribution in [3.63, 3.8) is 0 Å². The quantitative estimate of drug-likeness (QED) is 0.797. The third kappa shape index (κ3) is 4.65. The van der Waals surface area contributed by atoms with E-state index >= 15 is 0 Å². The van der Waals surface area contributed by atoms with Crippen LogP contribution in [0.25, 0.3) is 0 Å². The minimum absolute atomic E-state index is 0.243. The molecule has 0 spiro atoms. The van der Waals surface area contributed by atoms with Gasteiger partial charge in [-0.15, -0.1) is 23.1 Å². The average molecular weight is 298 g/mol. The molecule has 2 rings (SSSR count). The van der Waals surface area contributed by atoms with E-state index in [4.69, 9.17) is 17.3 Å².